The molecule has 0 aromatic heterocycles. The molecule has 27 heavy (non-hydrogen) atoms. The van der Waals surface area contributed by atoms with Gasteiger partial charge in [0.25, 0.3) is 5.91 Å². The van der Waals surface area contributed by atoms with Gasteiger partial charge in [-0.1, -0.05) is 71.0 Å². The van der Waals surface area contributed by atoms with Gasteiger partial charge in [0, 0.05) is 5.56 Å². The lowest BCUT2D eigenvalue weighted by Crippen LogP contribution is -2.27. The van der Waals surface area contributed by atoms with Gasteiger partial charge in [-0.3, -0.25) is 4.79 Å². The number of benzene rings is 2. The topological polar surface area (TPSA) is 66.4 Å². The van der Waals surface area contributed by atoms with Crippen LogP contribution in [0, 0.1) is 0 Å². The highest BCUT2D eigenvalue weighted by Gasteiger charge is 2.16. The minimum absolute atomic E-state index is 0.0106. The van der Waals surface area contributed by atoms with Crippen molar-refractivity contribution in [3.05, 3.63) is 76.5 Å². The molecule has 0 atom stereocenters. The van der Waals surface area contributed by atoms with E-state index in [0.717, 1.165) is 11.1 Å². The molecule has 0 heterocycles. The number of carboxylic acids is 1. The molecule has 1 amide bonds. The van der Waals surface area contributed by atoms with Crippen molar-refractivity contribution in [1.29, 1.82) is 0 Å². The van der Waals surface area contributed by atoms with Gasteiger partial charge in [-0.05, 0) is 46.2 Å². The number of carboxylic acid groups (broad SMARTS) is 1. The third kappa shape index (κ3) is 5.55. The normalized spacial score (nSPS) is 12.1. The van der Waals surface area contributed by atoms with Crippen LogP contribution in [0.1, 0.15) is 67.6 Å². The molecular formula is C23H27NO3. The third-order valence-corrected chi connectivity index (χ3v) is 4.41. The van der Waals surface area contributed by atoms with Gasteiger partial charge in [-0.15, -0.1) is 0 Å². The lowest BCUT2D eigenvalue weighted by Gasteiger charge is -2.19. The number of rotatable bonds is 5. The molecule has 0 fully saturated rings. The van der Waals surface area contributed by atoms with Crippen LogP contribution in [0.15, 0.2) is 54.2 Å². The van der Waals surface area contributed by atoms with Gasteiger partial charge in [0.05, 0.1) is 0 Å². The highest BCUT2D eigenvalue weighted by Crippen LogP contribution is 2.22. The summed E-state index contributed by atoms with van der Waals surface area (Å²) in [6.45, 7) is 10.5. The van der Waals surface area contributed by atoms with E-state index in [4.69, 9.17) is 0 Å². The van der Waals surface area contributed by atoms with Gasteiger partial charge in [0.15, 0.2) is 0 Å². The maximum Gasteiger partial charge on any atom is 0.352 e. The Hall–Kier alpha value is -2.88. The van der Waals surface area contributed by atoms with Crippen LogP contribution in [0.5, 0.6) is 0 Å². The molecule has 4 heteroatoms. The Morgan fingerprint density at radius 1 is 0.963 bits per heavy atom. The van der Waals surface area contributed by atoms with Crippen LogP contribution in [-0.4, -0.2) is 17.0 Å². The van der Waals surface area contributed by atoms with Gasteiger partial charge < -0.3 is 10.4 Å². The maximum absolute atomic E-state index is 12.4. The summed E-state index contributed by atoms with van der Waals surface area (Å²) in [6, 6.07) is 14.8. The van der Waals surface area contributed by atoms with Crippen molar-refractivity contribution in [3.8, 4) is 0 Å². The van der Waals surface area contributed by atoms with Crippen LogP contribution in [0.2, 0.25) is 0 Å². The summed E-state index contributed by atoms with van der Waals surface area (Å²) in [7, 11) is 0. The largest absolute Gasteiger partial charge is 0.477 e. The molecule has 0 spiro atoms. The number of carbonyl (C=O) groups is 2. The predicted octanol–water partition coefficient (Wildman–Crippen LogP) is 4.96. The summed E-state index contributed by atoms with van der Waals surface area (Å²) >= 11 is 0. The summed E-state index contributed by atoms with van der Waals surface area (Å²) < 4.78 is 0. The summed E-state index contributed by atoms with van der Waals surface area (Å²) in [5.41, 5.74) is 3.26. The SMILES string of the molecule is CC(C)c1ccc(/C=C(/NC(=O)c2ccc(C(C)(C)C)cc2)C(=O)O)cc1. The second kappa shape index (κ2) is 8.21. The summed E-state index contributed by atoms with van der Waals surface area (Å²) in [5, 5.41) is 11.9. The molecule has 2 N–H and O–H groups in total. The average molecular weight is 365 g/mol. The molecule has 0 saturated heterocycles. The second-order valence-corrected chi connectivity index (χ2v) is 7.97. The number of hydrogen-bond acceptors (Lipinski definition) is 2. The first-order chi connectivity index (χ1) is 12.6. The van der Waals surface area contributed by atoms with Crippen molar-refractivity contribution >= 4 is 18.0 Å². The van der Waals surface area contributed by atoms with Crippen LogP contribution >= 0.6 is 0 Å². The Kier molecular flexibility index (Phi) is 6.21. The summed E-state index contributed by atoms with van der Waals surface area (Å²) in [4.78, 5) is 24.0. The molecule has 142 valence electrons. The molecule has 0 radical (unpaired) electrons. The molecule has 0 aliphatic carbocycles. The fourth-order valence-corrected chi connectivity index (χ4v) is 2.61. The number of hydrogen-bond donors (Lipinski definition) is 2. The Balaban J connectivity index is 2.20. The van der Waals surface area contributed by atoms with Crippen LogP contribution in [0.4, 0.5) is 0 Å². The number of nitrogens with one attached hydrogen (secondary N) is 1. The standard InChI is InChI=1S/C23H27NO3/c1-15(2)17-8-6-16(7-9-17)14-20(22(26)27)24-21(25)18-10-12-19(13-11-18)23(3,4)5/h6-15H,1-5H3,(H,24,25)(H,26,27)/b20-14+. The van der Waals surface area contributed by atoms with E-state index in [-0.39, 0.29) is 11.1 Å². The zero-order valence-corrected chi connectivity index (χ0v) is 16.5. The Labute approximate surface area is 160 Å². The monoisotopic (exact) mass is 365 g/mol. The van der Waals surface area contributed by atoms with E-state index < -0.39 is 11.9 Å². The lowest BCUT2D eigenvalue weighted by atomic mass is 9.87. The zero-order valence-electron chi connectivity index (χ0n) is 16.5. The maximum atomic E-state index is 12.4. The first-order valence-corrected chi connectivity index (χ1v) is 9.05. The van der Waals surface area contributed by atoms with E-state index in [0.29, 0.717) is 11.5 Å². The van der Waals surface area contributed by atoms with Crippen molar-refractivity contribution < 1.29 is 14.7 Å². The molecule has 0 aliphatic heterocycles. The van der Waals surface area contributed by atoms with E-state index in [1.165, 1.54) is 11.6 Å². The van der Waals surface area contributed by atoms with Crippen LogP contribution in [0.3, 0.4) is 0 Å². The molecule has 2 aromatic carbocycles. The molecule has 0 aliphatic rings. The highest BCUT2D eigenvalue weighted by atomic mass is 16.4. The first kappa shape index (κ1) is 20.4. The van der Waals surface area contributed by atoms with E-state index >= 15 is 0 Å². The van der Waals surface area contributed by atoms with Crippen molar-refractivity contribution in [3.63, 3.8) is 0 Å². The molecule has 2 rings (SSSR count). The van der Waals surface area contributed by atoms with Gasteiger partial charge in [0.2, 0.25) is 0 Å². The van der Waals surface area contributed by atoms with Crippen molar-refractivity contribution in [1.82, 2.24) is 5.32 Å². The minimum Gasteiger partial charge on any atom is -0.477 e. The van der Waals surface area contributed by atoms with Crippen LogP contribution in [0.25, 0.3) is 6.08 Å². The zero-order chi connectivity index (χ0) is 20.2. The number of carbonyl (C=O) groups excluding carboxylic acids is 1. The van der Waals surface area contributed by atoms with Gasteiger partial charge in [-0.25, -0.2) is 4.79 Å². The quantitative estimate of drug-likeness (QED) is 0.736. The van der Waals surface area contributed by atoms with E-state index in [9.17, 15) is 14.7 Å². The summed E-state index contributed by atoms with van der Waals surface area (Å²) in [5.74, 6) is -1.22. The van der Waals surface area contributed by atoms with Gasteiger partial charge >= 0.3 is 5.97 Å². The molecule has 0 saturated carbocycles. The third-order valence-electron chi connectivity index (χ3n) is 4.41. The van der Waals surface area contributed by atoms with Crippen LogP contribution < -0.4 is 5.32 Å². The molecule has 2 aromatic rings. The average Bonchev–Trinajstić information content (AvgIpc) is 2.60. The fourth-order valence-electron chi connectivity index (χ4n) is 2.61. The van der Waals surface area contributed by atoms with Crippen molar-refractivity contribution in [2.75, 3.05) is 0 Å². The number of amides is 1. The minimum atomic E-state index is -1.18. The highest BCUT2D eigenvalue weighted by molar-refractivity contribution is 6.02. The molecule has 4 nitrogen and oxygen atoms in total. The van der Waals surface area contributed by atoms with Crippen molar-refractivity contribution in [2.24, 2.45) is 0 Å². The molecule has 0 unspecified atom stereocenters. The van der Waals surface area contributed by atoms with E-state index in [1.54, 1.807) is 12.1 Å². The lowest BCUT2D eigenvalue weighted by molar-refractivity contribution is -0.132. The predicted molar refractivity (Wildman–Crippen MR) is 109 cm³/mol. The smallest absolute Gasteiger partial charge is 0.352 e. The second-order valence-electron chi connectivity index (χ2n) is 7.97. The van der Waals surface area contributed by atoms with Crippen LogP contribution in [-0.2, 0) is 10.2 Å². The Morgan fingerprint density at radius 3 is 1.96 bits per heavy atom. The van der Waals surface area contributed by atoms with Gasteiger partial charge in [-0.2, -0.15) is 0 Å². The van der Waals surface area contributed by atoms with Gasteiger partial charge in [0.1, 0.15) is 5.70 Å². The fraction of sp³-hybridized carbons (Fsp3) is 0.304. The first-order valence-electron chi connectivity index (χ1n) is 9.05. The molecular weight excluding hydrogens is 338 g/mol. The van der Waals surface area contributed by atoms with E-state index in [1.807, 2.05) is 36.4 Å². The Bertz CT molecular complexity index is 839. The molecule has 0 bridgehead atoms. The van der Waals surface area contributed by atoms with Crippen molar-refractivity contribution in [2.45, 2.75) is 46.0 Å². The summed E-state index contributed by atoms with van der Waals surface area (Å²) in [6.07, 6.45) is 1.47. The van der Waals surface area contributed by atoms with E-state index in [2.05, 4.69) is 39.9 Å². The Morgan fingerprint density at radius 2 is 1.52 bits per heavy atom. The number of aliphatic carboxylic acids is 1.